The second-order valence-corrected chi connectivity index (χ2v) is 15.7. The number of rotatable bonds is 6. The first kappa shape index (κ1) is 35.7. The fourth-order valence-corrected chi connectivity index (χ4v) is 9.44. The summed E-state index contributed by atoms with van der Waals surface area (Å²) in [6.07, 6.45) is 6.83. The fourth-order valence-electron chi connectivity index (χ4n) is 9.44. The molecule has 4 aromatic rings. The molecule has 2 saturated heterocycles. The van der Waals surface area contributed by atoms with Gasteiger partial charge in [0.2, 0.25) is 0 Å². The number of phenolic OH excluding ortho intramolecular Hbond substituents is 1. The van der Waals surface area contributed by atoms with Gasteiger partial charge in [-0.15, -0.1) is 6.42 Å². The number of hydrogen-bond donors (Lipinski definition) is 3. The standard InChI is InChI=1S/C39H40F5N5O4/c1-3-25-28(40)9-8-22-15-24(50)16-26(30(22)25)32-31(41)33-27(19-45-32)34(48-13-5-10-36(2,51)20-48)47-35(46-33)53-21-37-11-4-7-29(37)49(14-6-12-37)23-17-38(52,18-23)39(42,43)44/h1,8-9,15-16,19,23,29,50-52H,4-7,10-14,17-18,20-21H2,2H3. The highest BCUT2D eigenvalue weighted by Crippen LogP contribution is 2.54. The minimum absolute atomic E-state index is 0.0616. The van der Waals surface area contributed by atoms with E-state index >= 15 is 4.39 Å². The van der Waals surface area contributed by atoms with E-state index in [4.69, 9.17) is 16.1 Å². The zero-order valence-corrected chi connectivity index (χ0v) is 29.2. The summed E-state index contributed by atoms with van der Waals surface area (Å²) in [6.45, 7) is 3.22. The number of ether oxygens (including phenoxy) is 1. The number of β-amino-alcohol motifs (C(OH)–C–C–N with tert-alkyl or cyclic N) is 1. The minimum Gasteiger partial charge on any atom is -0.508 e. The lowest BCUT2D eigenvalue weighted by molar-refractivity contribution is -0.303. The number of halogens is 5. The monoisotopic (exact) mass is 737 g/mol. The summed E-state index contributed by atoms with van der Waals surface area (Å²) in [6, 6.07) is 4.72. The maximum Gasteiger partial charge on any atom is 0.417 e. The summed E-state index contributed by atoms with van der Waals surface area (Å²) in [5.74, 6) is 0.880. The Kier molecular flexibility index (Phi) is 8.51. The number of piperidine rings is 2. The molecule has 3 atom stereocenters. The number of aromatic nitrogens is 3. The van der Waals surface area contributed by atoms with Crippen LogP contribution in [0.25, 0.3) is 32.9 Å². The first-order valence-corrected chi connectivity index (χ1v) is 18.1. The van der Waals surface area contributed by atoms with Crippen LogP contribution in [0.4, 0.5) is 27.8 Å². The van der Waals surface area contributed by atoms with Gasteiger partial charge in [-0.2, -0.15) is 23.1 Å². The van der Waals surface area contributed by atoms with E-state index in [1.807, 2.05) is 4.90 Å². The second kappa shape index (κ2) is 12.6. The van der Waals surface area contributed by atoms with Crippen molar-refractivity contribution in [2.75, 3.05) is 31.1 Å². The number of alkyl halides is 3. The lowest BCUT2D eigenvalue weighted by Gasteiger charge is -2.55. The lowest BCUT2D eigenvalue weighted by Crippen LogP contribution is -2.66. The molecule has 3 N–H and O–H groups in total. The number of benzene rings is 2. The predicted molar refractivity (Wildman–Crippen MR) is 187 cm³/mol. The minimum atomic E-state index is -4.68. The van der Waals surface area contributed by atoms with Gasteiger partial charge in [-0.3, -0.25) is 9.88 Å². The number of anilines is 1. The molecule has 280 valence electrons. The Morgan fingerprint density at radius 1 is 1.04 bits per heavy atom. The van der Waals surface area contributed by atoms with Gasteiger partial charge in [-0.25, -0.2) is 8.78 Å². The third-order valence-electron chi connectivity index (χ3n) is 12.1. The van der Waals surface area contributed by atoms with Gasteiger partial charge in [0, 0.05) is 60.6 Å². The van der Waals surface area contributed by atoms with Crippen LogP contribution < -0.4 is 9.64 Å². The van der Waals surface area contributed by atoms with Crippen LogP contribution in [0.5, 0.6) is 11.8 Å². The highest BCUT2D eigenvalue weighted by molar-refractivity contribution is 6.03. The van der Waals surface area contributed by atoms with E-state index in [2.05, 4.69) is 20.8 Å². The quantitative estimate of drug-likeness (QED) is 0.148. The molecule has 53 heavy (non-hydrogen) atoms. The number of pyridine rings is 1. The van der Waals surface area contributed by atoms with Gasteiger partial charge in [0.1, 0.15) is 28.6 Å². The van der Waals surface area contributed by atoms with E-state index in [0.717, 1.165) is 32.1 Å². The molecule has 14 heteroatoms. The van der Waals surface area contributed by atoms with E-state index in [9.17, 15) is 32.9 Å². The molecule has 3 unspecified atom stereocenters. The van der Waals surface area contributed by atoms with Gasteiger partial charge in [-0.1, -0.05) is 18.4 Å². The van der Waals surface area contributed by atoms with Gasteiger partial charge in [0.05, 0.1) is 23.2 Å². The molecule has 8 rings (SSSR count). The molecule has 4 heterocycles. The number of fused-ring (bicyclic) bond motifs is 3. The number of phenols is 1. The molecule has 2 aliphatic carbocycles. The highest BCUT2D eigenvalue weighted by Gasteiger charge is 2.64. The average molecular weight is 738 g/mol. The van der Waals surface area contributed by atoms with Crippen LogP contribution in [0, 0.1) is 29.4 Å². The molecule has 0 amide bonds. The maximum absolute atomic E-state index is 17.0. The Hall–Kier alpha value is -4.32. The highest BCUT2D eigenvalue weighted by atomic mass is 19.4. The van der Waals surface area contributed by atoms with Crippen molar-refractivity contribution >= 4 is 27.5 Å². The molecular weight excluding hydrogens is 697 g/mol. The first-order chi connectivity index (χ1) is 25.1. The van der Waals surface area contributed by atoms with Crippen LogP contribution in [-0.2, 0) is 0 Å². The van der Waals surface area contributed by atoms with Crippen molar-refractivity contribution in [3.63, 3.8) is 0 Å². The summed E-state index contributed by atoms with van der Waals surface area (Å²) in [4.78, 5) is 17.7. The summed E-state index contributed by atoms with van der Waals surface area (Å²) in [7, 11) is 0. The summed E-state index contributed by atoms with van der Waals surface area (Å²) >= 11 is 0. The number of aromatic hydroxyl groups is 1. The second-order valence-electron chi connectivity index (χ2n) is 15.7. The van der Waals surface area contributed by atoms with Crippen LogP contribution >= 0.6 is 0 Å². The maximum atomic E-state index is 17.0. The SMILES string of the molecule is C#Cc1c(F)ccc2cc(O)cc(-c3ncc4c(N5CCCC(C)(O)C5)nc(OCC56CCCC5N(C5CC(O)(C(F)(F)F)C5)CCC6)nc4c3F)c12. The van der Waals surface area contributed by atoms with Crippen molar-refractivity contribution in [2.24, 2.45) is 5.41 Å². The molecule has 0 bridgehead atoms. The number of terminal acetylenes is 1. The summed E-state index contributed by atoms with van der Waals surface area (Å²) < 4.78 is 78.8. The normalized spacial score (nSPS) is 29.2. The summed E-state index contributed by atoms with van der Waals surface area (Å²) in [5.41, 5.74) is -4.52. The Morgan fingerprint density at radius 3 is 2.53 bits per heavy atom. The van der Waals surface area contributed by atoms with E-state index in [0.29, 0.717) is 37.1 Å². The lowest BCUT2D eigenvalue weighted by atomic mass is 9.69. The van der Waals surface area contributed by atoms with E-state index in [-0.39, 0.29) is 76.9 Å². The smallest absolute Gasteiger partial charge is 0.417 e. The molecule has 0 radical (unpaired) electrons. The summed E-state index contributed by atoms with van der Waals surface area (Å²) in [5, 5.41) is 32.6. The van der Waals surface area contributed by atoms with Crippen molar-refractivity contribution in [3.05, 3.63) is 47.7 Å². The molecular formula is C39H40F5N5O4. The molecule has 2 aromatic carbocycles. The molecule has 4 fully saturated rings. The number of nitrogens with zero attached hydrogens (tertiary/aromatic N) is 5. The van der Waals surface area contributed by atoms with Gasteiger partial charge in [-0.05, 0) is 75.6 Å². The van der Waals surface area contributed by atoms with E-state index in [1.165, 1.54) is 30.5 Å². The first-order valence-electron chi connectivity index (χ1n) is 18.1. The van der Waals surface area contributed by atoms with Crippen LogP contribution in [0.3, 0.4) is 0 Å². The average Bonchev–Trinajstić information content (AvgIpc) is 3.53. The Bertz CT molecular complexity index is 2150. The molecule has 0 spiro atoms. The van der Waals surface area contributed by atoms with Crippen LogP contribution in [0.15, 0.2) is 30.5 Å². The third-order valence-corrected chi connectivity index (χ3v) is 12.1. The molecule has 9 nitrogen and oxygen atoms in total. The van der Waals surface area contributed by atoms with Crippen LogP contribution in [0.1, 0.15) is 70.3 Å². The molecule has 4 aliphatic rings. The Morgan fingerprint density at radius 2 is 1.79 bits per heavy atom. The number of aliphatic hydroxyl groups is 2. The van der Waals surface area contributed by atoms with Crippen molar-refractivity contribution in [3.8, 4) is 35.4 Å². The zero-order chi connectivity index (χ0) is 37.5. The van der Waals surface area contributed by atoms with E-state index < -0.39 is 40.5 Å². The van der Waals surface area contributed by atoms with Gasteiger partial charge in [0.15, 0.2) is 11.4 Å². The molecule has 2 aliphatic heterocycles. The Labute approximate surface area is 302 Å². The van der Waals surface area contributed by atoms with E-state index in [1.54, 1.807) is 6.92 Å². The van der Waals surface area contributed by atoms with Gasteiger partial charge in [0.25, 0.3) is 0 Å². The molecule has 2 saturated carbocycles. The topological polar surface area (TPSA) is 115 Å². The van der Waals surface area contributed by atoms with Gasteiger partial charge < -0.3 is 25.0 Å². The molecule has 2 aromatic heterocycles. The largest absolute Gasteiger partial charge is 0.508 e. The van der Waals surface area contributed by atoms with Crippen molar-refractivity contribution in [1.29, 1.82) is 0 Å². The third kappa shape index (κ3) is 6.01. The fraction of sp³-hybridized carbons (Fsp3) is 0.513. The van der Waals surface area contributed by atoms with Crippen LogP contribution in [-0.4, -0.2) is 90.9 Å². The number of likely N-dealkylation sites (tertiary alicyclic amines) is 1. The van der Waals surface area contributed by atoms with Crippen LogP contribution in [0.2, 0.25) is 0 Å². The van der Waals surface area contributed by atoms with Crippen molar-refractivity contribution < 1.29 is 42.0 Å². The Balaban J connectivity index is 1.18. The van der Waals surface area contributed by atoms with Crippen molar-refractivity contribution in [1.82, 2.24) is 19.9 Å². The zero-order valence-electron chi connectivity index (χ0n) is 29.2. The van der Waals surface area contributed by atoms with Gasteiger partial charge >= 0.3 is 12.2 Å². The van der Waals surface area contributed by atoms with Crippen molar-refractivity contribution in [2.45, 2.75) is 94.2 Å². The number of hydrogen-bond acceptors (Lipinski definition) is 9. The predicted octanol–water partition coefficient (Wildman–Crippen LogP) is 6.63.